The molecule has 27 heavy (non-hydrogen) atoms. The van der Waals surface area contributed by atoms with E-state index < -0.39 is 0 Å². The van der Waals surface area contributed by atoms with E-state index in [0.29, 0.717) is 29.1 Å². The van der Waals surface area contributed by atoms with Crippen LogP contribution in [-0.4, -0.2) is 47.0 Å². The number of hydrogen-bond acceptors (Lipinski definition) is 5. The first-order valence-electron chi connectivity index (χ1n) is 9.46. The third kappa shape index (κ3) is 4.37. The van der Waals surface area contributed by atoms with Crippen molar-refractivity contribution in [1.82, 2.24) is 15.0 Å². The van der Waals surface area contributed by atoms with Crippen molar-refractivity contribution in [1.29, 1.82) is 5.26 Å². The molecule has 3 rings (SSSR count). The van der Waals surface area contributed by atoms with Gasteiger partial charge in [0, 0.05) is 38.6 Å². The minimum absolute atomic E-state index is 0.0256. The lowest BCUT2D eigenvalue weighted by Crippen LogP contribution is -2.35. The number of benzene rings is 1. The van der Waals surface area contributed by atoms with Crippen LogP contribution >= 0.6 is 0 Å². The number of rotatable bonds is 4. The van der Waals surface area contributed by atoms with Gasteiger partial charge in [0.05, 0.1) is 17.3 Å². The lowest BCUT2D eigenvalue weighted by atomic mass is 10.0. The van der Waals surface area contributed by atoms with Crippen molar-refractivity contribution in [3.05, 3.63) is 52.4 Å². The molecule has 6 nitrogen and oxygen atoms in total. The van der Waals surface area contributed by atoms with Gasteiger partial charge in [0.1, 0.15) is 5.56 Å². The first kappa shape index (κ1) is 19.1. The van der Waals surface area contributed by atoms with Gasteiger partial charge in [-0.15, -0.1) is 0 Å². The van der Waals surface area contributed by atoms with E-state index in [0.717, 1.165) is 32.6 Å². The number of carbonyl (C=O) groups excluding carboxylic acids is 1. The molecule has 1 aromatic carbocycles. The van der Waals surface area contributed by atoms with Crippen LogP contribution in [0.4, 0.5) is 0 Å². The van der Waals surface area contributed by atoms with E-state index in [9.17, 15) is 4.79 Å². The third-order valence-corrected chi connectivity index (χ3v) is 4.99. The van der Waals surface area contributed by atoms with Crippen molar-refractivity contribution in [3.8, 4) is 6.07 Å². The Kier molecular flexibility index (Phi) is 5.92. The van der Waals surface area contributed by atoms with E-state index in [1.165, 1.54) is 5.56 Å². The van der Waals surface area contributed by atoms with Crippen LogP contribution < -0.4 is 0 Å². The van der Waals surface area contributed by atoms with E-state index in [1.54, 1.807) is 0 Å². The third-order valence-electron chi connectivity index (χ3n) is 4.99. The van der Waals surface area contributed by atoms with Crippen LogP contribution in [-0.2, 0) is 6.54 Å². The largest absolute Gasteiger partial charge is 0.360 e. The number of nitriles is 1. The van der Waals surface area contributed by atoms with Gasteiger partial charge in [-0.2, -0.15) is 5.26 Å². The topological polar surface area (TPSA) is 73.4 Å². The molecule has 142 valence electrons. The normalized spacial score (nSPS) is 15.6. The molecule has 1 aliphatic rings. The van der Waals surface area contributed by atoms with Gasteiger partial charge in [0.2, 0.25) is 0 Å². The highest BCUT2D eigenvalue weighted by Gasteiger charge is 2.28. The Hall–Kier alpha value is -2.65. The summed E-state index contributed by atoms with van der Waals surface area (Å²) in [6.07, 6.45) is 0.934. The van der Waals surface area contributed by atoms with Crippen molar-refractivity contribution >= 4 is 5.91 Å². The molecule has 2 heterocycles. The summed E-state index contributed by atoms with van der Waals surface area (Å²) in [6.45, 7) is 9.89. The Balaban J connectivity index is 1.65. The monoisotopic (exact) mass is 366 g/mol. The van der Waals surface area contributed by atoms with E-state index in [4.69, 9.17) is 9.78 Å². The van der Waals surface area contributed by atoms with Crippen molar-refractivity contribution < 1.29 is 9.32 Å². The molecular weight excluding hydrogens is 340 g/mol. The quantitative estimate of drug-likeness (QED) is 0.830. The second-order valence-electron chi connectivity index (χ2n) is 7.39. The SMILES string of the molecule is Cc1noc(C(C)C)c1C(=O)N1CCCN(Cc2ccc(C#N)cc2)CC1. The molecular formula is C21H26N4O2. The van der Waals surface area contributed by atoms with Gasteiger partial charge < -0.3 is 9.42 Å². The number of aromatic nitrogens is 1. The maximum Gasteiger partial charge on any atom is 0.259 e. The van der Waals surface area contributed by atoms with Crippen LogP contribution in [0.25, 0.3) is 0 Å². The molecule has 0 unspecified atom stereocenters. The van der Waals surface area contributed by atoms with Crippen LogP contribution in [0, 0.1) is 18.3 Å². The van der Waals surface area contributed by atoms with Crippen molar-refractivity contribution in [3.63, 3.8) is 0 Å². The highest BCUT2D eigenvalue weighted by Crippen LogP contribution is 2.24. The second-order valence-corrected chi connectivity index (χ2v) is 7.39. The number of nitrogens with zero attached hydrogens (tertiary/aromatic N) is 4. The van der Waals surface area contributed by atoms with Crippen LogP contribution in [0.5, 0.6) is 0 Å². The maximum absolute atomic E-state index is 13.1. The molecule has 6 heteroatoms. The van der Waals surface area contributed by atoms with Gasteiger partial charge in [-0.05, 0) is 31.0 Å². The fourth-order valence-electron chi connectivity index (χ4n) is 3.47. The van der Waals surface area contributed by atoms with Gasteiger partial charge in [-0.25, -0.2) is 0 Å². The van der Waals surface area contributed by atoms with Gasteiger partial charge in [0.15, 0.2) is 5.76 Å². The fraction of sp³-hybridized carbons (Fsp3) is 0.476. The van der Waals surface area contributed by atoms with Gasteiger partial charge >= 0.3 is 0 Å². The predicted molar refractivity (Wildman–Crippen MR) is 102 cm³/mol. The highest BCUT2D eigenvalue weighted by molar-refractivity contribution is 5.96. The molecule has 0 radical (unpaired) electrons. The highest BCUT2D eigenvalue weighted by atomic mass is 16.5. The lowest BCUT2D eigenvalue weighted by Gasteiger charge is -2.22. The molecule has 1 aromatic heterocycles. The minimum Gasteiger partial charge on any atom is -0.360 e. The van der Waals surface area contributed by atoms with Crippen LogP contribution in [0.3, 0.4) is 0 Å². The predicted octanol–water partition coefficient (Wildman–Crippen LogP) is 3.33. The number of carbonyl (C=O) groups is 1. The van der Waals surface area contributed by atoms with Crippen LogP contribution in [0.15, 0.2) is 28.8 Å². The first-order valence-corrected chi connectivity index (χ1v) is 9.46. The fourth-order valence-corrected chi connectivity index (χ4v) is 3.47. The second kappa shape index (κ2) is 8.36. The molecule has 1 saturated heterocycles. The Morgan fingerprint density at radius 2 is 1.96 bits per heavy atom. The van der Waals surface area contributed by atoms with Gasteiger partial charge in [0.25, 0.3) is 5.91 Å². The molecule has 0 N–H and O–H groups in total. The zero-order chi connectivity index (χ0) is 19.4. The van der Waals surface area contributed by atoms with E-state index in [1.807, 2.05) is 49.9 Å². The lowest BCUT2D eigenvalue weighted by molar-refractivity contribution is 0.0757. The molecule has 1 fully saturated rings. The van der Waals surface area contributed by atoms with Crippen molar-refractivity contribution in [2.45, 2.75) is 39.7 Å². The van der Waals surface area contributed by atoms with E-state index in [-0.39, 0.29) is 11.8 Å². The average molecular weight is 366 g/mol. The minimum atomic E-state index is 0.0256. The molecule has 2 aromatic rings. The number of hydrogen-bond donors (Lipinski definition) is 0. The molecule has 1 aliphatic heterocycles. The Morgan fingerprint density at radius 1 is 1.22 bits per heavy atom. The summed E-state index contributed by atoms with van der Waals surface area (Å²) in [5.74, 6) is 0.832. The van der Waals surface area contributed by atoms with Crippen molar-refractivity contribution in [2.75, 3.05) is 26.2 Å². The summed E-state index contributed by atoms with van der Waals surface area (Å²) in [4.78, 5) is 17.4. The maximum atomic E-state index is 13.1. The van der Waals surface area contributed by atoms with E-state index in [2.05, 4.69) is 16.1 Å². The van der Waals surface area contributed by atoms with E-state index >= 15 is 0 Å². The summed E-state index contributed by atoms with van der Waals surface area (Å²) in [5.41, 5.74) is 3.16. The van der Waals surface area contributed by atoms with Gasteiger partial charge in [-0.3, -0.25) is 9.69 Å². The Morgan fingerprint density at radius 3 is 2.63 bits per heavy atom. The molecule has 1 amide bonds. The summed E-state index contributed by atoms with van der Waals surface area (Å²) >= 11 is 0. The zero-order valence-corrected chi connectivity index (χ0v) is 16.2. The van der Waals surface area contributed by atoms with Crippen molar-refractivity contribution in [2.24, 2.45) is 0 Å². The summed E-state index contributed by atoms with van der Waals surface area (Å²) in [5, 5.41) is 12.9. The smallest absolute Gasteiger partial charge is 0.259 e. The molecule has 0 bridgehead atoms. The molecule has 0 spiro atoms. The average Bonchev–Trinajstić information content (AvgIpc) is 2.90. The summed E-state index contributed by atoms with van der Waals surface area (Å²) in [6, 6.07) is 9.85. The summed E-state index contributed by atoms with van der Waals surface area (Å²) < 4.78 is 5.39. The Labute approximate surface area is 160 Å². The molecule has 0 atom stereocenters. The van der Waals surface area contributed by atoms with Crippen LogP contribution in [0.1, 0.15) is 59.1 Å². The molecule has 0 aliphatic carbocycles. The van der Waals surface area contributed by atoms with Gasteiger partial charge in [-0.1, -0.05) is 31.1 Å². The Bertz CT molecular complexity index is 833. The number of amides is 1. The molecule has 0 saturated carbocycles. The number of aryl methyl sites for hydroxylation is 1. The first-order chi connectivity index (χ1) is 13.0. The standard InChI is InChI=1S/C21H26N4O2/c1-15(2)20-19(16(3)23-27-20)21(26)25-10-4-9-24(11-12-25)14-18-7-5-17(13-22)6-8-18/h5-8,15H,4,9-12,14H2,1-3H3. The van der Waals surface area contributed by atoms with Crippen LogP contribution in [0.2, 0.25) is 0 Å². The summed E-state index contributed by atoms with van der Waals surface area (Å²) in [7, 11) is 0. The zero-order valence-electron chi connectivity index (χ0n) is 16.2.